The largest absolute Gasteiger partial charge is 0.508 e. The average Bonchev–Trinajstić information content (AvgIpc) is 3.04. The van der Waals surface area contributed by atoms with E-state index in [1.54, 1.807) is 25.3 Å². The Labute approximate surface area is 144 Å². The molecule has 1 aromatic heterocycles. The normalized spacial score (nSPS) is 10.6. The Bertz CT molecular complexity index is 900. The highest BCUT2D eigenvalue weighted by atomic mass is 16.5. The quantitative estimate of drug-likeness (QED) is 0.711. The molecule has 128 valence electrons. The van der Waals surface area contributed by atoms with Crippen LogP contribution >= 0.6 is 0 Å². The highest BCUT2D eigenvalue weighted by molar-refractivity contribution is 5.78. The van der Waals surface area contributed by atoms with Gasteiger partial charge in [0.2, 0.25) is 0 Å². The van der Waals surface area contributed by atoms with Gasteiger partial charge in [-0.15, -0.1) is 0 Å². The molecule has 2 aromatic carbocycles. The highest BCUT2D eigenvalue weighted by Gasteiger charge is 2.18. The minimum absolute atomic E-state index is 0.0719. The highest BCUT2D eigenvalue weighted by Crippen LogP contribution is 2.35. The number of aryl methyl sites for hydroxylation is 1. The number of carboxylic acids is 1. The van der Waals surface area contributed by atoms with Gasteiger partial charge in [-0.05, 0) is 24.3 Å². The van der Waals surface area contributed by atoms with Crippen LogP contribution in [-0.2, 0) is 11.2 Å². The summed E-state index contributed by atoms with van der Waals surface area (Å²) in [7, 11) is 1.58. The monoisotopic (exact) mass is 339 g/mol. The lowest BCUT2D eigenvalue weighted by Gasteiger charge is -2.04. The van der Waals surface area contributed by atoms with E-state index in [-0.39, 0.29) is 18.6 Å². The predicted octanol–water partition coefficient (Wildman–Crippen LogP) is 3.74. The van der Waals surface area contributed by atoms with Crippen LogP contribution in [0.15, 0.2) is 52.9 Å². The molecule has 1 heterocycles. The van der Waals surface area contributed by atoms with Crippen LogP contribution in [0.4, 0.5) is 0 Å². The first-order chi connectivity index (χ1) is 12.1. The number of carbonyl (C=O) groups is 1. The molecule has 6 nitrogen and oxygen atoms in total. The van der Waals surface area contributed by atoms with Crippen molar-refractivity contribution in [3.05, 3.63) is 54.4 Å². The number of hydrogen-bond donors (Lipinski definition) is 2. The molecule has 0 aliphatic rings. The lowest BCUT2D eigenvalue weighted by atomic mass is 10.1. The zero-order valence-corrected chi connectivity index (χ0v) is 13.6. The van der Waals surface area contributed by atoms with Crippen LogP contribution in [0.25, 0.3) is 22.6 Å². The van der Waals surface area contributed by atoms with Gasteiger partial charge in [0.05, 0.1) is 13.5 Å². The molecule has 0 bridgehead atoms. The number of oxazole rings is 1. The smallest absolute Gasteiger partial charge is 0.303 e. The van der Waals surface area contributed by atoms with E-state index < -0.39 is 5.97 Å². The molecule has 2 N–H and O–H groups in total. The van der Waals surface area contributed by atoms with E-state index in [2.05, 4.69) is 4.98 Å². The lowest BCUT2D eigenvalue weighted by Crippen LogP contribution is -1.97. The van der Waals surface area contributed by atoms with Crippen molar-refractivity contribution in [2.45, 2.75) is 12.8 Å². The molecule has 0 atom stereocenters. The van der Waals surface area contributed by atoms with Gasteiger partial charge in [-0.3, -0.25) is 4.79 Å². The topological polar surface area (TPSA) is 92.8 Å². The first-order valence-electron chi connectivity index (χ1n) is 7.72. The van der Waals surface area contributed by atoms with E-state index in [1.165, 1.54) is 0 Å². The summed E-state index contributed by atoms with van der Waals surface area (Å²) in [5.74, 6) is 0.704. The van der Waals surface area contributed by atoms with E-state index in [4.69, 9.17) is 14.3 Å². The van der Waals surface area contributed by atoms with Gasteiger partial charge in [0.1, 0.15) is 17.2 Å². The van der Waals surface area contributed by atoms with Gasteiger partial charge >= 0.3 is 5.97 Å². The fourth-order valence-electron chi connectivity index (χ4n) is 2.49. The van der Waals surface area contributed by atoms with E-state index in [0.717, 1.165) is 5.56 Å². The fourth-order valence-corrected chi connectivity index (χ4v) is 2.49. The lowest BCUT2D eigenvalue weighted by molar-refractivity contribution is -0.137. The SMILES string of the molecule is COc1cccc(-c2oc(CCC(=O)O)nc2-c2cccc(O)c2)c1. The Morgan fingerprint density at radius 1 is 1.16 bits per heavy atom. The number of nitrogens with zero attached hydrogens (tertiary/aromatic N) is 1. The number of phenolic OH excluding ortho intramolecular Hbond substituents is 1. The number of benzene rings is 2. The zero-order valence-electron chi connectivity index (χ0n) is 13.6. The number of hydrogen-bond acceptors (Lipinski definition) is 5. The van der Waals surface area contributed by atoms with E-state index in [0.29, 0.717) is 28.7 Å². The van der Waals surface area contributed by atoms with Crippen LogP contribution in [0.3, 0.4) is 0 Å². The van der Waals surface area contributed by atoms with Crippen LogP contribution in [-0.4, -0.2) is 28.3 Å². The van der Waals surface area contributed by atoms with Gasteiger partial charge in [0, 0.05) is 17.5 Å². The Morgan fingerprint density at radius 2 is 1.92 bits per heavy atom. The van der Waals surface area contributed by atoms with Gasteiger partial charge in [0.15, 0.2) is 11.7 Å². The number of aromatic hydroxyl groups is 1. The number of phenols is 1. The van der Waals surface area contributed by atoms with Crippen LogP contribution in [0.1, 0.15) is 12.3 Å². The zero-order chi connectivity index (χ0) is 17.8. The molecule has 25 heavy (non-hydrogen) atoms. The van der Waals surface area contributed by atoms with Crippen molar-refractivity contribution in [2.24, 2.45) is 0 Å². The molecule has 0 fully saturated rings. The Kier molecular flexibility index (Phi) is 4.70. The molecule has 0 aliphatic carbocycles. The van der Waals surface area contributed by atoms with Crippen molar-refractivity contribution < 1.29 is 24.2 Å². The number of rotatable bonds is 6. The van der Waals surface area contributed by atoms with Gasteiger partial charge in [0.25, 0.3) is 0 Å². The molecule has 0 unspecified atom stereocenters. The third-order valence-corrected chi connectivity index (χ3v) is 3.68. The summed E-state index contributed by atoms with van der Waals surface area (Å²) in [6, 6.07) is 14.0. The van der Waals surface area contributed by atoms with Gasteiger partial charge < -0.3 is 19.4 Å². The van der Waals surface area contributed by atoms with Crippen molar-refractivity contribution in [2.75, 3.05) is 7.11 Å². The average molecular weight is 339 g/mol. The van der Waals surface area contributed by atoms with Crippen molar-refractivity contribution >= 4 is 5.97 Å². The standard InChI is InChI=1S/C19H17NO5/c1-24-15-7-3-5-13(11-15)19-18(12-4-2-6-14(21)10-12)20-16(25-19)8-9-17(22)23/h2-7,10-11,21H,8-9H2,1H3,(H,22,23). The summed E-state index contributed by atoms with van der Waals surface area (Å²) in [4.78, 5) is 15.3. The number of aliphatic carboxylic acids is 1. The van der Waals surface area contributed by atoms with Crippen LogP contribution in [0.2, 0.25) is 0 Å². The Balaban J connectivity index is 2.09. The van der Waals surface area contributed by atoms with Crippen molar-refractivity contribution in [3.63, 3.8) is 0 Å². The first kappa shape index (κ1) is 16.6. The summed E-state index contributed by atoms with van der Waals surface area (Å²) in [5.41, 5.74) is 1.99. The first-order valence-corrected chi connectivity index (χ1v) is 7.72. The minimum atomic E-state index is -0.917. The minimum Gasteiger partial charge on any atom is -0.508 e. The summed E-state index contributed by atoms with van der Waals surface area (Å²) >= 11 is 0. The molecule has 3 aromatic rings. The third-order valence-electron chi connectivity index (χ3n) is 3.68. The van der Waals surface area contributed by atoms with Gasteiger partial charge in [-0.25, -0.2) is 4.98 Å². The Hall–Kier alpha value is -3.28. The van der Waals surface area contributed by atoms with Crippen molar-refractivity contribution in [1.82, 2.24) is 4.98 Å². The van der Waals surface area contributed by atoms with Gasteiger partial charge in [-0.2, -0.15) is 0 Å². The van der Waals surface area contributed by atoms with Crippen LogP contribution < -0.4 is 4.74 Å². The second-order valence-electron chi connectivity index (χ2n) is 5.46. The number of aromatic nitrogens is 1. The molecule has 6 heteroatoms. The molecular weight excluding hydrogens is 322 g/mol. The van der Waals surface area contributed by atoms with Crippen molar-refractivity contribution in [1.29, 1.82) is 0 Å². The summed E-state index contributed by atoms with van der Waals surface area (Å²) in [5, 5.41) is 18.6. The Morgan fingerprint density at radius 3 is 2.64 bits per heavy atom. The fraction of sp³-hybridized carbons (Fsp3) is 0.158. The maximum absolute atomic E-state index is 10.8. The molecule has 0 saturated heterocycles. The number of ether oxygens (including phenoxy) is 1. The molecule has 0 radical (unpaired) electrons. The maximum Gasteiger partial charge on any atom is 0.303 e. The maximum atomic E-state index is 10.8. The van der Waals surface area contributed by atoms with E-state index in [9.17, 15) is 9.90 Å². The summed E-state index contributed by atoms with van der Waals surface area (Å²) < 4.78 is 11.1. The van der Waals surface area contributed by atoms with Crippen LogP contribution in [0, 0.1) is 0 Å². The molecular formula is C19H17NO5. The number of methoxy groups -OCH3 is 1. The molecule has 0 amide bonds. The second-order valence-corrected chi connectivity index (χ2v) is 5.46. The van der Waals surface area contributed by atoms with E-state index in [1.807, 2.05) is 30.3 Å². The molecule has 0 spiro atoms. The molecule has 3 rings (SSSR count). The van der Waals surface area contributed by atoms with Crippen LogP contribution in [0.5, 0.6) is 11.5 Å². The van der Waals surface area contributed by atoms with Gasteiger partial charge in [-0.1, -0.05) is 24.3 Å². The summed E-state index contributed by atoms with van der Waals surface area (Å²) in [6.07, 6.45) is 0.114. The molecule has 0 saturated carbocycles. The van der Waals surface area contributed by atoms with Crippen molar-refractivity contribution in [3.8, 4) is 34.1 Å². The predicted molar refractivity (Wildman–Crippen MR) is 91.5 cm³/mol. The third kappa shape index (κ3) is 3.80. The van der Waals surface area contributed by atoms with E-state index >= 15 is 0 Å². The molecule has 0 aliphatic heterocycles. The number of carboxylic acid groups (broad SMARTS) is 1. The second kappa shape index (κ2) is 7.09. The summed E-state index contributed by atoms with van der Waals surface area (Å²) in [6.45, 7) is 0.